The molecule has 0 unspecified atom stereocenters. The van der Waals surface area contributed by atoms with Crippen molar-refractivity contribution in [2.45, 2.75) is 25.4 Å². The molecule has 0 aliphatic rings. The van der Waals surface area contributed by atoms with Crippen molar-refractivity contribution in [1.29, 1.82) is 0 Å². The van der Waals surface area contributed by atoms with Crippen LogP contribution >= 0.6 is 0 Å². The summed E-state index contributed by atoms with van der Waals surface area (Å²) in [4.78, 5) is 0. The Balaban J connectivity index is 2.31. The predicted octanol–water partition coefficient (Wildman–Crippen LogP) is 3.20. The molecule has 0 saturated heterocycles. The van der Waals surface area contributed by atoms with Gasteiger partial charge in [0.15, 0.2) is 0 Å². The van der Waals surface area contributed by atoms with Crippen LogP contribution in [0.15, 0.2) is 30.3 Å². The van der Waals surface area contributed by atoms with E-state index in [1.165, 1.54) is 6.07 Å². The molecule has 0 aliphatic heterocycles. The van der Waals surface area contributed by atoms with Gasteiger partial charge >= 0.3 is 0 Å². The molecule has 0 fully saturated rings. The van der Waals surface area contributed by atoms with E-state index < -0.39 is 6.10 Å². The lowest BCUT2D eigenvalue weighted by Gasteiger charge is -2.10. The zero-order valence-electron chi connectivity index (χ0n) is 10.1. The van der Waals surface area contributed by atoms with Crippen LogP contribution in [0.2, 0.25) is 0 Å². The Hall–Kier alpha value is -1.61. The van der Waals surface area contributed by atoms with Gasteiger partial charge in [-0.15, -0.1) is 0 Å². The molecule has 0 saturated carbocycles. The summed E-state index contributed by atoms with van der Waals surface area (Å²) in [6, 6.07) is 8.23. The van der Waals surface area contributed by atoms with Gasteiger partial charge in [-0.3, -0.25) is 0 Å². The van der Waals surface area contributed by atoms with Crippen molar-refractivity contribution in [3.8, 4) is 5.75 Å². The third kappa shape index (κ3) is 2.62. The first kappa shape index (κ1) is 12.8. The van der Waals surface area contributed by atoms with Crippen molar-refractivity contribution in [3.63, 3.8) is 0 Å². The van der Waals surface area contributed by atoms with Crippen LogP contribution in [0.5, 0.6) is 5.75 Å². The van der Waals surface area contributed by atoms with Crippen molar-refractivity contribution in [2.24, 2.45) is 0 Å². The summed E-state index contributed by atoms with van der Waals surface area (Å²) in [6.45, 7) is 3.48. The van der Waals surface area contributed by atoms with Gasteiger partial charge in [-0.2, -0.15) is 0 Å². The van der Waals surface area contributed by atoms with Gasteiger partial charge in [0.2, 0.25) is 0 Å². The topological polar surface area (TPSA) is 40.5 Å². The van der Waals surface area contributed by atoms with Crippen molar-refractivity contribution < 1.29 is 14.6 Å². The molecule has 0 amide bonds. The highest BCUT2D eigenvalue weighted by molar-refractivity contribution is 5.89. The fourth-order valence-electron chi connectivity index (χ4n) is 2.09. The maximum atomic E-state index is 13.8. The molecule has 0 aromatic heterocycles. The normalized spacial score (nSPS) is 12.8. The number of fused-ring (bicyclic) bond motifs is 1. The molecule has 2 aromatic carbocycles. The highest BCUT2D eigenvalue weighted by Crippen LogP contribution is 2.31. The minimum atomic E-state index is -0.613. The highest BCUT2D eigenvalue weighted by atomic mass is 19.1. The second-order valence-electron chi connectivity index (χ2n) is 4.46. The van der Waals surface area contributed by atoms with Gasteiger partial charge < -0.3 is 10.2 Å². The predicted molar refractivity (Wildman–Crippen MR) is 69.9 cm³/mol. The van der Waals surface area contributed by atoms with Crippen LogP contribution in [0, 0.1) is 12.7 Å². The molecule has 1 radical (unpaired) electrons. The molecule has 1 atom stereocenters. The first-order chi connectivity index (χ1) is 8.59. The summed E-state index contributed by atoms with van der Waals surface area (Å²) in [5.41, 5.74) is 0.576. The molecule has 3 heteroatoms. The quantitative estimate of drug-likeness (QED) is 0.871. The minimum absolute atomic E-state index is 0.130. The fourth-order valence-corrected chi connectivity index (χ4v) is 2.09. The van der Waals surface area contributed by atoms with Crippen LogP contribution in [0.4, 0.5) is 4.39 Å². The second-order valence-corrected chi connectivity index (χ2v) is 4.46. The van der Waals surface area contributed by atoms with Crippen molar-refractivity contribution in [3.05, 3.63) is 48.6 Å². The molecule has 95 valence electrons. The van der Waals surface area contributed by atoms with Gasteiger partial charge in [0, 0.05) is 10.8 Å². The number of rotatable bonds is 4. The maximum Gasteiger partial charge on any atom is 0.131 e. The summed E-state index contributed by atoms with van der Waals surface area (Å²) in [5, 5.41) is 20.1. The third-order valence-electron chi connectivity index (χ3n) is 3.03. The lowest BCUT2D eigenvalue weighted by Crippen LogP contribution is -2.00. The summed E-state index contributed by atoms with van der Waals surface area (Å²) in [6.07, 6.45) is 1.11. The molecule has 0 spiro atoms. The lowest BCUT2D eigenvalue weighted by molar-refractivity contribution is 0.207. The smallest absolute Gasteiger partial charge is 0.131 e. The maximum absolute atomic E-state index is 13.8. The molecular weight excluding hydrogens is 231 g/mol. The lowest BCUT2D eigenvalue weighted by atomic mass is 10.00. The molecule has 0 bridgehead atoms. The van der Waals surface area contributed by atoms with Crippen LogP contribution in [0.25, 0.3) is 10.8 Å². The Morgan fingerprint density at radius 2 is 1.89 bits per heavy atom. The average Bonchev–Trinajstić information content (AvgIpc) is 2.35. The number of hydrogen-bond acceptors (Lipinski definition) is 2. The van der Waals surface area contributed by atoms with Gasteiger partial charge in [-0.1, -0.05) is 24.3 Å². The van der Waals surface area contributed by atoms with Gasteiger partial charge in [0.25, 0.3) is 0 Å². The molecule has 2 N–H and O–H groups in total. The van der Waals surface area contributed by atoms with Crippen molar-refractivity contribution in [2.75, 3.05) is 0 Å². The monoisotopic (exact) mass is 247 g/mol. The SMILES string of the molecule is [CH2][C@H](O)CCCc1cc(F)c2ccccc2c1O. The summed E-state index contributed by atoms with van der Waals surface area (Å²) >= 11 is 0. The van der Waals surface area contributed by atoms with Crippen LogP contribution < -0.4 is 0 Å². The first-order valence-corrected chi connectivity index (χ1v) is 6.00. The molecule has 0 heterocycles. The number of hydrogen-bond donors (Lipinski definition) is 2. The number of benzene rings is 2. The van der Waals surface area contributed by atoms with E-state index in [0.717, 1.165) is 0 Å². The first-order valence-electron chi connectivity index (χ1n) is 6.00. The molecule has 18 heavy (non-hydrogen) atoms. The molecule has 2 nitrogen and oxygen atoms in total. The van der Waals surface area contributed by atoms with Crippen LogP contribution in [0.1, 0.15) is 18.4 Å². The minimum Gasteiger partial charge on any atom is -0.507 e. The summed E-state index contributed by atoms with van der Waals surface area (Å²) in [7, 11) is 0. The number of aliphatic hydroxyl groups excluding tert-OH is 1. The zero-order valence-corrected chi connectivity index (χ0v) is 10.1. The molecule has 2 rings (SSSR count). The highest BCUT2D eigenvalue weighted by Gasteiger charge is 2.11. The van der Waals surface area contributed by atoms with E-state index in [0.29, 0.717) is 35.6 Å². The van der Waals surface area contributed by atoms with Crippen LogP contribution in [-0.4, -0.2) is 16.3 Å². The van der Waals surface area contributed by atoms with Gasteiger partial charge in [0.05, 0.1) is 6.10 Å². The van der Waals surface area contributed by atoms with E-state index in [-0.39, 0.29) is 11.6 Å². The second kappa shape index (κ2) is 5.36. The van der Waals surface area contributed by atoms with E-state index >= 15 is 0 Å². The van der Waals surface area contributed by atoms with Gasteiger partial charge in [-0.25, -0.2) is 4.39 Å². The average molecular weight is 247 g/mol. The number of halogens is 1. The standard InChI is InChI=1S/C15H16FO2/c1-10(17)5-4-6-11-9-14(16)12-7-2-3-8-13(12)15(11)18/h2-3,7-10,17-18H,1,4-6H2/t10-/m0/s1. The summed E-state index contributed by atoms with van der Waals surface area (Å²) < 4.78 is 13.8. The number of phenolic OH excluding ortho intramolecular Hbond substituents is 1. The largest absolute Gasteiger partial charge is 0.507 e. The van der Waals surface area contributed by atoms with Gasteiger partial charge in [0.1, 0.15) is 11.6 Å². The van der Waals surface area contributed by atoms with Crippen LogP contribution in [0.3, 0.4) is 0 Å². The van der Waals surface area contributed by atoms with Gasteiger partial charge in [-0.05, 0) is 37.8 Å². The third-order valence-corrected chi connectivity index (χ3v) is 3.03. The fraction of sp³-hybridized carbons (Fsp3) is 0.267. The zero-order chi connectivity index (χ0) is 13.1. The Morgan fingerprint density at radius 1 is 1.22 bits per heavy atom. The Bertz CT molecular complexity index is 549. The van der Waals surface area contributed by atoms with E-state index in [1.54, 1.807) is 24.3 Å². The number of aromatic hydroxyl groups is 1. The number of aryl methyl sites for hydroxylation is 1. The molecule has 0 aliphatic carbocycles. The van der Waals surface area contributed by atoms with E-state index in [2.05, 4.69) is 6.92 Å². The van der Waals surface area contributed by atoms with Crippen molar-refractivity contribution >= 4 is 10.8 Å². The molecular formula is C15H16FO2. The summed E-state index contributed by atoms with van der Waals surface area (Å²) in [5.74, 6) is -0.195. The Morgan fingerprint density at radius 3 is 2.56 bits per heavy atom. The van der Waals surface area contributed by atoms with E-state index in [9.17, 15) is 9.50 Å². The number of phenols is 1. The van der Waals surface area contributed by atoms with E-state index in [1.807, 2.05) is 0 Å². The Kier molecular flexibility index (Phi) is 3.82. The van der Waals surface area contributed by atoms with Crippen LogP contribution in [-0.2, 0) is 6.42 Å². The Labute approximate surface area is 106 Å². The van der Waals surface area contributed by atoms with E-state index in [4.69, 9.17) is 5.11 Å². The number of aliphatic hydroxyl groups is 1. The molecule has 2 aromatic rings. The van der Waals surface area contributed by atoms with Crippen molar-refractivity contribution in [1.82, 2.24) is 0 Å².